The largest absolute Gasteiger partial charge is 0.480 e. The molecule has 1 saturated heterocycles. The molecule has 3 amide bonds. The van der Waals surface area contributed by atoms with E-state index in [1.54, 1.807) is 0 Å². The van der Waals surface area contributed by atoms with Gasteiger partial charge in [-0.3, -0.25) is 19.4 Å². The maximum Gasteiger partial charge on any atom is 0.326 e. The number of nitrogens with one attached hydrogen (secondary N) is 3. The molecule has 1 aliphatic rings. The SMILES string of the molecule is NC(=O)CC(NC(=O)C1CCCN1)C(=O)NC(CCCN=C(N)N)C(=O)O. The molecule has 152 valence electrons. The number of nitrogens with two attached hydrogens (primary N) is 3. The molecule has 0 spiro atoms. The van der Waals surface area contributed by atoms with Crippen LogP contribution in [0.4, 0.5) is 0 Å². The van der Waals surface area contributed by atoms with Crippen LogP contribution in [0.15, 0.2) is 4.99 Å². The normalized spacial score (nSPS) is 18.1. The molecule has 27 heavy (non-hydrogen) atoms. The van der Waals surface area contributed by atoms with E-state index in [9.17, 15) is 24.3 Å². The van der Waals surface area contributed by atoms with Gasteiger partial charge in [0.25, 0.3) is 0 Å². The van der Waals surface area contributed by atoms with Gasteiger partial charge in [-0.2, -0.15) is 0 Å². The monoisotopic (exact) mass is 385 g/mol. The van der Waals surface area contributed by atoms with Gasteiger partial charge in [-0.1, -0.05) is 0 Å². The van der Waals surface area contributed by atoms with Gasteiger partial charge in [0.05, 0.1) is 12.5 Å². The molecule has 12 nitrogen and oxygen atoms in total. The van der Waals surface area contributed by atoms with Gasteiger partial charge in [0.1, 0.15) is 12.1 Å². The first kappa shape index (κ1) is 22.2. The fourth-order valence-electron chi connectivity index (χ4n) is 2.62. The van der Waals surface area contributed by atoms with Crippen LogP contribution in [-0.2, 0) is 19.2 Å². The predicted molar refractivity (Wildman–Crippen MR) is 96.2 cm³/mol. The molecule has 1 rings (SSSR count). The standard InChI is InChI=1S/C15H27N7O5/c16-11(23)7-10(22-12(24)8-3-1-5-19-8)13(25)21-9(14(26)27)4-2-6-20-15(17)18/h8-10,19H,1-7H2,(H2,16,23)(H,21,25)(H,22,24)(H,26,27)(H4,17,18,20). The Hall–Kier alpha value is -2.89. The summed E-state index contributed by atoms with van der Waals surface area (Å²) in [5.41, 5.74) is 15.5. The first-order valence-electron chi connectivity index (χ1n) is 8.61. The molecular formula is C15H27N7O5. The quantitative estimate of drug-likeness (QED) is 0.108. The zero-order chi connectivity index (χ0) is 20.4. The molecule has 1 fully saturated rings. The Morgan fingerprint density at radius 3 is 2.37 bits per heavy atom. The van der Waals surface area contributed by atoms with Crippen molar-refractivity contribution in [3.8, 4) is 0 Å². The number of carbonyl (C=O) groups is 4. The van der Waals surface area contributed by atoms with Crippen LogP contribution in [0.5, 0.6) is 0 Å². The minimum absolute atomic E-state index is 0.0687. The summed E-state index contributed by atoms with van der Waals surface area (Å²) in [4.78, 5) is 50.9. The van der Waals surface area contributed by atoms with E-state index < -0.39 is 48.2 Å². The fraction of sp³-hybridized carbons (Fsp3) is 0.667. The lowest BCUT2D eigenvalue weighted by Crippen LogP contribution is -2.55. The van der Waals surface area contributed by atoms with E-state index in [-0.39, 0.29) is 18.9 Å². The van der Waals surface area contributed by atoms with Crippen LogP contribution in [0, 0.1) is 0 Å². The molecule has 10 N–H and O–H groups in total. The van der Waals surface area contributed by atoms with E-state index >= 15 is 0 Å². The van der Waals surface area contributed by atoms with Gasteiger partial charge in [-0.05, 0) is 32.2 Å². The number of guanidine groups is 1. The van der Waals surface area contributed by atoms with Gasteiger partial charge in [-0.25, -0.2) is 4.79 Å². The smallest absolute Gasteiger partial charge is 0.326 e. The topological polar surface area (TPSA) is 215 Å². The van der Waals surface area contributed by atoms with Crippen LogP contribution >= 0.6 is 0 Å². The number of primary amides is 1. The zero-order valence-electron chi connectivity index (χ0n) is 14.9. The van der Waals surface area contributed by atoms with Gasteiger partial charge in [0.15, 0.2) is 5.96 Å². The van der Waals surface area contributed by atoms with E-state index in [2.05, 4.69) is 20.9 Å². The van der Waals surface area contributed by atoms with E-state index in [0.29, 0.717) is 19.4 Å². The predicted octanol–water partition coefficient (Wildman–Crippen LogP) is -3.28. The molecule has 1 aliphatic heterocycles. The maximum absolute atomic E-state index is 12.4. The summed E-state index contributed by atoms with van der Waals surface area (Å²) in [6, 6.07) is -2.93. The molecule has 1 heterocycles. The molecule has 0 aromatic rings. The van der Waals surface area contributed by atoms with Gasteiger partial charge < -0.3 is 38.3 Å². The number of carbonyl (C=O) groups excluding carboxylic acids is 3. The Bertz CT molecular complexity index is 585. The summed E-state index contributed by atoms with van der Waals surface area (Å²) in [7, 11) is 0. The van der Waals surface area contributed by atoms with Crippen molar-refractivity contribution in [1.82, 2.24) is 16.0 Å². The highest BCUT2D eigenvalue weighted by Gasteiger charge is 2.30. The third-order valence-corrected chi connectivity index (χ3v) is 3.97. The number of carboxylic acids is 1. The van der Waals surface area contributed by atoms with Crippen LogP contribution in [0.3, 0.4) is 0 Å². The number of hydrogen-bond donors (Lipinski definition) is 7. The first-order valence-corrected chi connectivity index (χ1v) is 8.61. The van der Waals surface area contributed by atoms with Gasteiger partial charge in [0, 0.05) is 6.54 Å². The second-order valence-corrected chi connectivity index (χ2v) is 6.23. The number of nitrogens with zero attached hydrogens (tertiary/aromatic N) is 1. The van der Waals surface area contributed by atoms with Crippen LogP contribution in [0.2, 0.25) is 0 Å². The van der Waals surface area contributed by atoms with Crippen molar-refractivity contribution >= 4 is 29.7 Å². The van der Waals surface area contributed by atoms with E-state index in [1.165, 1.54) is 0 Å². The molecule has 0 aromatic carbocycles. The van der Waals surface area contributed by atoms with E-state index in [1.807, 2.05) is 0 Å². The highest BCUT2D eigenvalue weighted by Crippen LogP contribution is 2.06. The van der Waals surface area contributed by atoms with Crippen molar-refractivity contribution in [2.24, 2.45) is 22.2 Å². The molecule has 0 aliphatic carbocycles. The van der Waals surface area contributed by atoms with Crippen LogP contribution in [-0.4, -0.2) is 66.0 Å². The van der Waals surface area contributed by atoms with Crippen molar-refractivity contribution < 1.29 is 24.3 Å². The molecule has 0 radical (unpaired) electrons. The Kier molecular flexibility index (Phi) is 8.99. The Balaban J connectivity index is 2.67. The van der Waals surface area contributed by atoms with Crippen LogP contribution in [0.25, 0.3) is 0 Å². The summed E-state index contributed by atoms with van der Waals surface area (Å²) < 4.78 is 0. The van der Waals surface area contributed by atoms with Crippen molar-refractivity contribution in [3.05, 3.63) is 0 Å². The molecule has 3 atom stereocenters. The van der Waals surface area contributed by atoms with Gasteiger partial charge in [0.2, 0.25) is 17.7 Å². The highest BCUT2D eigenvalue weighted by atomic mass is 16.4. The lowest BCUT2D eigenvalue weighted by molar-refractivity contribution is -0.142. The van der Waals surface area contributed by atoms with Crippen molar-refractivity contribution in [3.63, 3.8) is 0 Å². The summed E-state index contributed by atoms with van der Waals surface area (Å²) >= 11 is 0. The third kappa shape index (κ3) is 8.35. The molecule has 0 saturated carbocycles. The lowest BCUT2D eigenvalue weighted by atomic mass is 10.1. The Morgan fingerprint density at radius 1 is 1.15 bits per heavy atom. The summed E-state index contributed by atoms with van der Waals surface area (Å²) in [5.74, 6) is -3.40. The van der Waals surface area contributed by atoms with Crippen molar-refractivity contribution in [2.45, 2.75) is 50.2 Å². The maximum atomic E-state index is 12.4. The number of hydrogen-bond acceptors (Lipinski definition) is 6. The van der Waals surface area contributed by atoms with E-state index in [0.717, 1.165) is 6.42 Å². The second kappa shape index (κ2) is 11.0. The second-order valence-electron chi connectivity index (χ2n) is 6.23. The average molecular weight is 385 g/mol. The summed E-state index contributed by atoms with van der Waals surface area (Å²) in [6.07, 6.45) is 1.37. The van der Waals surface area contributed by atoms with E-state index in [4.69, 9.17) is 17.2 Å². The van der Waals surface area contributed by atoms with Crippen LogP contribution in [0.1, 0.15) is 32.1 Å². The van der Waals surface area contributed by atoms with Crippen molar-refractivity contribution in [2.75, 3.05) is 13.1 Å². The Labute approximate surface area is 156 Å². The number of carboxylic acid groups (broad SMARTS) is 1. The lowest BCUT2D eigenvalue weighted by Gasteiger charge is -2.22. The van der Waals surface area contributed by atoms with Gasteiger partial charge >= 0.3 is 5.97 Å². The molecule has 0 bridgehead atoms. The van der Waals surface area contributed by atoms with Crippen molar-refractivity contribution in [1.29, 1.82) is 0 Å². The fourth-order valence-corrected chi connectivity index (χ4v) is 2.62. The minimum Gasteiger partial charge on any atom is -0.480 e. The number of aliphatic imine (C=N–C) groups is 1. The molecule has 3 unspecified atom stereocenters. The molecule has 0 aromatic heterocycles. The minimum atomic E-state index is -1.25. The number of rotatable bonds is 11. The molecule has 12 heteroatoms. The number of aliphatic carboxylic acids is 1. The first-order chi connectivity index (χ1) is 12.7. The van der Waals surface area contributed by atoms with Crippen LogP contribution < -0.4 is 33.2 Å². The molecular weight excluding hydrogens is 358 g/mol. The third-order valence-electron chi connectivity index (χ3n) is 3.97. The zero-order valence-corrected chi connectivity index (χ0v) is 14.9. The summed E-state index contributed by atoms with van der Waals surface area (Å²) in [5, 5.41) is 17.0. The summed E-state index contributed by atoms with van der Waals surface area (Å²) in [6.45, 7) is 0.887. The highest BCUT2D eigenvalue weighted by molar-refractivity contribution is 5.94. The Morgan fingerprint density at radius 2 is 1.85 bits per heavy atom. The number of amides is 3. The average Bonchev–Trinajstić information content (AvgIpc) is 3.10. The van der Waals surface area contributed by atoms with Gasteiger partial charge in [-0.15, -0.1) is 0 Å².